The van der Waals surface area contributed by atoms with Crippen LogP contribution in [0, 0.1) is 5.92 Å². The third-order valence-electron chi connectivity index (χ3n) is 2.36. The second-order valence-electron chi connectivity index (χ2n) is 5.00. The molecule has 1 aliphatic heterocycles. The highest BCUT2D eigenvalue weighted by Gasteiger charge is 2.41. The summed E-state index contributed by atoms with van der Waals surface area (Å²) < 4.78 is 9.60. The van der Waals surface area contributed by atoms with E-state index in [1.54, 1.807) is 20.8 Å². The molecule has 2 atom stereocenters. The van der Waals surface area contributed by atoms with E-state index < -0.39 is 35.5 Å². The predicted octanol–water partition coefficient (Wildman–Crippen LogP) is -0.201. The molecule has 0 radical (unpaired) electrons. The summed E-state index contributed by atoms with van der Waals surface area (Å²) >= 11 is 0. The summed E-state index contributed by atoms with van der Waals surface area (Å²) in [6, 6.07) is -0.952. The summed E-state index contributed by atoms with van der Waals surface area (Å²) in [6.07, 6.45) is -0.738. The van der Waals surface area contributed by atoms with Gasteiger partial charge in [0.15, 0.2) is 0 Å². The lowest BCUT2D eigenvalue weighted by molar-refractivity contribution is -0.146. The molecule has 18 heavy (non-hydrogen) atoms. The van der Waals surface area contributed by atoms with Crippen LogP contribution in [0.5, 0.6) is 0 Å². The lowest BCUT2D eigenvalue weighted by atomic mass is 10.0. The fourth-order valence-corrected chi connectivity index (χ4v) is 1.59. The second kappa shape index (κ2) is 5.24. The van der Waals surface area contributed by atoms with Crippen molar-refractivity contribution in [3.63, 3.8) is 0 Å². The van der Waals surface area contributed by atoms with Crippen LogP contribution in [-0.4, -0.2) is 43.3 Å². The van der Waals surface area contributed by atoms with Crippen LogP contribution in [-0.2, 0) is 19.1 Å². The van der Waals surface area contributed by atoms with Crippen molar-refractivity contribution in [2.24, 2.45) is 5.92 Å². The molecule has 0 spiro atoms. The molecule has 2 N–H and O–H groups in total. The average Bonchev–Trinajstić information content (AvgIpc) is 2.57. The highest BCUT2D eigenvalue weighted by Crippen LogP contribution is 2.14. The molecule has 0 unspecified atom stereocenters. The van der Waals surface area contributed by atoms with Crippen LogP contribution < -0.4 is 10.6 Å². The van der Waals surface area contributed by atoms with Gasteiger partial charge < -0.3 is 20.1 Å². The molecule has 1 aliphatic rings. The monoisotopic (exact) mass is 258 g/mol. The lowest BCUT2D eigenvalue weighted by Crippen LogP contribution is -2.47. The Bertz CT molecular complexity index is 361. The van der Waals surface area contributed by atoms with Crippen molar-refractivity contribution in [2.45, 2.75) is 32.4 Å². The number of methoxy groups -OCH3 is 1. The Morgan fingerprint density at radius 2 is 2.00 bits per heavy atom. The number of esters is 1. The van der Waals surface area contributed by atoms with Crippen molar-refractivity contribution < 1.29 is 23.9 Å². The largest absolute Gasteiger partial charge is 0.469 e. The molecule has 1 heterocycles. The fraction of sp³-hybridized carbons (Fsp3) is 0.727. The van der Waals surface area contributed by atoms with Crippen LogP contribution in [0.1, 0.15) is 20.8 Å². The van der Waals surface area contributed by atoms with Crippen LogP contribution in [0.3, 0.4) is 0 Å². The summed E-state index contributed by atoms with van der Waals surface area (Å²) in [5.74, 6) is -1.69. The minimum Gasteiger partial charge on any atom is -0.469 e. The average molecular weight is 258 g/mol. The molecule has 2 amide bonds. The molecule has 0 aromatic carbocycles. The number of nitrogens with one attached hydrogen (secondary N) is 2. The molecule has 0 aliphatic carbocycles. The number of carbonyl (C=O) groups is 3. The molecular formula is C11H18N2O5. The zero-order valence-corrected chi connectivity index (χ0v) is 10.9. The van der Waals surface area contributed by atoms with Crippen LogP contribution in [0.25, 0.3) is 0 Å². The normalized spacial score (nSPS) is 23.2. The van der Waals surface area contributed by atoms with Gasteiger partial charge >= 0.3 is 12.1 Å². The van der Waals surface area contributed by atoms with Crippen molar-refractivity contribution in [3.05, 3.63) is 0 Å². The van der Waals surface area contributed by atoms with Gasteiger partial charge in [0, 0.05) is 6.54 Å². The van der Waals surface area contributed by atoms with Gasteiger partial charge in [0.25, 0.3) is 0 Å². The topological polar surface area (TPSA) is 93.7 Å². The van der Waals surface area contributed by atoms with E-state index in [2.05, 4.69) is 15.4 Å². The van der Waals surface area contributed by atoms with E-state index in [0.29, 0.717) is 0 Å². The van der Waals surface area contributed by atoms with Crippen molar-refractivity contribution in [1.29, 1.82) is 0 Å². The Labute approximate surface area is 105 Å². The molecule has 102 valence electrons. The quantitative estimate of drug-likeness (QED) is 0.669. The van der Waals surface area contributed by atoms with Gasteiger partial charge in [-0.3, -0.25) is 9.59 Å². The van der Waals surface area contributed by atoms with Crippen LogP contribution in [0.4, 0.5) is 4.79 Å². The van der Waals surface area contributed by atoms with E-state index >= 15 is 0 Å². The summed E-state index contributed by atoms with van der Waals surface area (Å²) in [7, 11) is 1.23. The van der Waals surface area contributed by atoms with Gasteiger partial charge in [0.2, 0.25) is 5.91 Å². The Balaban J connectivity index is 2.65. The molecule has 1 rings (SSSR count). The molecule has 0 saturated carbocycles. The van der Waals surface area contributed by atoms with Crippen LogP contribution in [0.15, 0.2) is 0 Å². The minimum atomic E-state index is -0.952. The SMILES string of the molecule is COC(=O)[C@H]1CNC(=O)[C@@H]1NC(=O)OC(C)(C)C. The Morgan fingerprint density at radius 1 is 1.39 bits per heavy atom. The molecule has 7 nitrogen and oxygen atoms in total. The number of alkyl carbamates (subject to hydrolysis) is 1. The Hall–Kier alpha value is -1.79. The molecule has 1 saturated heterocycles. The first kappa shape index (κ1) is 14.3. The maximum absolute atomic E-state index is 11.6. The van der Waals surface area contributed by atoms with Gasteiger partial charge in [-0.15, -0.1) is 0 Å². The van der Waals surface area contributed by atoms with Crippen molar-refractivity contribution in [2.75, 3.05) is 13.7 Å². The van der Waals surface area contributed by atoms with Crippen molar-refractivity contribution in [1.82, 2.24) is 10.6 Å². The van der Waals surface area contributed by atoms with Gasteiger partial charge in [-0.1, -0.05) is 0 Å². The number of carbonyl (C=O) groups excluding carboxylic acids is 3. The molecular weight excluding hydrogens is 240 g/mol. The zero-order chi connectivity index (χ0) is 13.9. The molecule has 0 aromatic heterocycles. The maximum Gasteiger partial charge on any atom is 0.408 e. The number of rotatable bonds is 2. The van der Waals surface area contributed by atoms with Gasteiger partial charge in [-0.05, 0) is 20.8 Å². The van der Waals surface area contributed by atoms with Crippen LogP contribution in [0.2, 0.25) is 0 Å². The lowest BCUT2D eigenvalue weighted by Gasteiger charge is -2.22. The van der Waals surface area contributed by atoms with E-state index in [9.17, 15) is 14.4 Å². The second-order valence-corrected chi connectivity index (χ2v) is 5.00. The molecule has 0 bridgehead atoms. The summed E-state index contributed by atoms with van der Waals surface area (Å²) in [5.41, 5.74) is -0.667. The standard InChI is InChI=1S/C11H18N2O5/c1-11(2,3)18-10(16)13-7-6(9(15)17-4)5-12-8(7)14/h6-7H,5H2,1-4H3,(H,12,14)(H,13,16)/t6-,7+/m0/s1. The molecule has 0 aromatic rings. The summed E-state index contributed by atoms with van der Waals surface area (Å²) in [5, 5.41) is 4.87. The first-order valence-corrected chi connectivity index (χ1v) is 5.59. The first-order valence-electron chi connectivity index (χ1n) is 5.59. The molecule has 7 heteroatoms. The van der Waals surface area contributed by atoms with E-state index in [1.165, 1.54) is 7.11 Å². The Morgan fingerprint density at radius 3 is 2.50 bits per heavy atom. The van der Waals surface area contributed by atoms with E-state index in [0.717, 1.165) is 0 Å². The van der Waals surface area contributed by atoms with Crippen LogP contribution >= 0.6 is 0 Å². The summed E-state index contributed by atoms with van der Waals surface area (Å²) in [4.78, 5) is 34.5. The third-order valence-corrected chi connectivity index (χ3v) is 2.36. The number of hydrogen-bond donors (Lipinski definition) is 2. The van der Waals surface area contributed by atoms with E-state index in [-0.39, 0.29) is 6.54 Å². The van der Waals surface area contributed by atoms with E-state index in [1.807, 2.05) is 0 Å². The first-order chi connectivity index (χ1) is 8.24. The zero-order valence-electron chi connectivity index (χ0n) is 10.9. The van der Waals surface area contributed by atoms with Gasteiger partial charge in [-0.25, -0.2) is 4.79 Å². The van der Waals surface area contributed by atoms with Gasteiger partial charge in [0.05, 0.1) is 7.11 Å². The number of amides is 2. The minimum absolute atomic E-state index is 0.145. The van der Waals surface area contributed by atoms with Gasteiger partial charge in [-0.2, -0.15) is 0 Å². The van der Waals surface area contributed by atoms with E-state index in [4.69, 9.17) is 4.74 Å². The highest BCUT2D eigenvalue weighted by molar-refractivity contribution is 5.94. The van der Waals surface area contributed by atoms with Crippen molar-refractivity contribution in [3.8, 4) is 0 Å². The number of hydrogen-bond acceptors (Lipinski definition) is 5. The number of ether oxygens (including phenoxy) is 2. The summed E-state index contributed by atoms with van der Waals surface area (Å²) in [6.45, 7) is 5.27. The fourth-order valence-electron chi connectivity index (χ4n) is 1.59. The molecule has 1 fully saturated rings. The van der Waals surface area contributed by atoms with Gasteiger partial charge in [0.1, 0.15) is 17.6 Å². The Kier molecular flexibility index (Phi) is 4.15. The smallest absolute Gasteiger partial charge is 0.408 e. The third kappa shape index (κ3) is 3.61. The van der Waals surface area contributed by atoms with Crippen molar-refractivity contribution >= 4 is 18.0 Å². The predicted molar refractivity (Wildman–Crippen MR) is 61.7 cm³/mol. The highest BCUT2D eigenvalue weighted by atomic mass is 16.6. The maximum atomic E-state index is 11.6.